The molecule has 96 valence electrons. The van der Waals surface area contributed by atoms with Gasteiger partial charge in [0.25, 0.3) is 0 Å². The Morgan fingerprint density at radius 1 is 1.41 bits per heavy atom. The lowest BCUT2D eigenvalue weighted by Crippen LogP contribution is -2.37. The largest absolute Gasteiger partial charge is 0.317 e. The van der Waals surface area contributed by atoms with Gasteiger partial charge in [0.15, 0.2) is 0 Å². The van der Waals surface area contributed by atoms with Crippen LogP contribution in [0.1, 0.15) is 51.2 Å². The van der Waals surface area contributed by atoms with Crippen molar-refractivity contribution >= 4 is 0 Å². The highest BCUT2D eigenvalue weighted by atomic mass is 15.3. The minimum absolute atomic E-state index is 0.492. The molecule has 17 heavy (non-hydrogen) atoms. The average Bonchev–Trinajstić information content (AvgIpc) is 2.56. The quantitative estimate of drug-likeness (QED) is 0.874. The molecule has 2 rings (SSSR count). The topological polar surface area (TPSA) is 42.7 Å². The van der Waals surface area contributed by atoms with Crippen molar-refractivity contribution in [2.45, 2.75) is 59.0 Å². The Bertz CT molecular complexity index is 381. The molecule has 1 unspecified atom stereocenters. The summed E-state index contributed by atoms with van der Waals surface area (Å²) in [6.07, 6.45) is 5.25. The van der Waals surface area contributed by atoms with Crippen LogP contribution in [0.15, 0.2) is 0 Å². The van der Waals surface area contributed by atoms with Crippen molar-refractivity contribution in [3.63, 3.8) is 0 Å². The zero-order valence-electron chi connectivity index (χ0n) is 11.5. The number of aromatic nitrogens is 3. The van der Waals surface area contributed by atoms with Crippen LogP contribution in [-0.4, -0.2) is 20.8 Å². The van der Waals surface area contributed by atoms with E-state index in [1.165, 1.54) is 25.7 Å². The lowest BCUT2D eigenvalue weighted by Gasteiger charge is -2.35. The predicted octanol–water partition coefficient (Wildman–Crippen LogP) is 2.18. The van der Waals surface area contributed by atoms with E-state index in [-0.39, 0.29) is 0 Å². The molecule has 0 bridgehead atoms. The zero-order valence-corrected chi connectivity index (χ0v) is 11.5. The number of hydrogen-bond acceptors (Lipinski definition) is 3. The van der Waals surface area contributed by atoms with Gasteiger partial charge in [0.2, 0.25) is 0 Å². The van der Waals surface area contributed by atoms with Crippen molar-refractivity contribution in [1.82, 2.24) is 20.1 Å². The third kappa shape index (κ3) is 3.06. The van der Waals surface area contributed by atoms with E-state index in [2.05, 4.69) is 33.9 Å². The summed E-state index contributed by atoms with van der Waals surface area (Å²) in [5.74, 6) is 2.01. The van der Waals surface area contributed by atoms with Crippen LogP contribution in [0, 0.1) is 12.3 Å². The highest BCUT2D eigenvalue weighted by Crippen LogP contribution is 2.35. The monoisotopic (exact) mass is 236 g/mol. The van der Waals surface area contributed by atoms with Crippen molar-refractivity contribution in [1.29, 1.82) is 0 Å². The SMILES string of the molecule is Cc1nnc(CNC2CCCC(C)(C)C2)n1C. The van der Waals surface area contributed by atoms with Crippen LogP contribution in [0.5, 0.6) is 0 Å². The first-order chi connectivity index (χ1) is 7.98. The average molecular weight is 236 g/mol. The molecule has 1 fully saturated rings. The molecule has 0 radical (unpaired) electrons. The maximum absolute atomic E-state index is 4.19. The standard InChI is InChI=1S/C13H24N4/c1-10-15-16-12(17(10)4)9-14-11-6-5-7-13(2,3)8-11/h11,14H,5-9H2,1-4H3. The molecule has 1 aliphatic carbocycles. The summed E-state index contributed by atoms with van der Waals surface area (Å²) in [7, 11) is 2.02. The number of nitrogens with zero attached hydrogens (tertiary/aromatic N) is 3. The number of nitrogens with one attached hydrogen (secondary N) is 1. The van der Waals surface area contributed by atoms with Gasteiger partial charge in [-0.3, -0.25) is 0 Å². The maximum atomic E-state index is 4.19. The van der Waals surface area contributed by atoms with Crippen LogP contribution < -0.4 is 5.32 Å². The Morgan fingerprint density at radius 2 is 2.18 bits per heavy atom. The Balaban J connectivity index is 1.88. The molecule has 4 heteroatoms. The van der Waals surface area contributed by atoms with Crippen LogP contribution in [0.3, 0.4) is 0 Å². The smallest absolute Gasteiger partial charge is 0.146 e. The Kier molecular flexibility index (Phi) is 3.52. The summed E-state index contributed by atoms with van der Waals surface area (Å²) < 4.78 is 2.06. The first-order valence-electron chi connectivity index (χ1n) is 6.56. The molecule has 1 saturated carbocycles. The van der Waals surface area contributed by atoms with Gasteiger partial charge < -0.3 is 9.88 Å². The third-order valence-electron chi connectivity index (χ3n) is 3.94. The molecule has 1 aromatic heterocycles. The minimum Gasteiger partial charge on any atom is -0.317 e. The van der Waals surface area contributed by atoms with E-state index < -0.39 is 0 Å². The summed E-state index contributed by atoms with van der Waals surface area (Å²) in [5, 5.41) is 11.9. The van der Waals surface area contributed by atoms with Crippen molar-refractivity contribution < 1.29 is 0 Å². The van der Waals surface area contributed by atoms with E-state index >= 15 is 0 Å². The molecule has 0 amide bonds. The molecule has 0 aliphatic heterocycles. The Hall–Kier alpha value is -0.900. The van der Waals surface area contributed by atoms with Crippen LogP contribution in [0.25, 0.3) is 0 Å². The van der Waals surface area contributed by atoms with Crippen molar-refractivity contribution in [3.05, 3.63) is 11.6 Å². The second-order valence-corrected chi connectivity index (χ2v) is 6.06. The molecule has 1 atom stereocenters. The molecule has 0 aromatic carbocycles. The van der Waals surface area contributed by atoms with Crippen molar-refractivity contribution in [3.8, 4) is 0 Å². The van der Waals surface area contributed by atoms with E-state index in [4.69, 9.17) is 0 Å². The van der Waals surface area contributed by atoms with Gasteiger partial charge in [-0.15, -0.1) is 10.2 Å². The van der Waals surface area contributed by atoms with Crippen LogP contribution in [0.4, 0.5) is 0 Å². The highest BCUT2D eigenvalue weighted by Gasteiger charge is 2.27. The fraction of sp³-hybridized carbons (Fsp3) is 0.846. The second-order valence-electron chi connectivity index (χ2n) is 6.06. The normalized spacial score (nSPS) is 23.9. The molecule has 1 N–H and O–H groups in total. The zero-order chi connectivity index (χ0) is 12.5. The molecule has 4 nitrogen and oxygen atoms in total. The Labute approximate surface area is 104 Å². The predicted molar refractivity (Wildman–Crippen MR) is 68.6 cm³/mol. The fourth-order valence-corrected chi connectivity index (χ4v) is 2.71. The molecule has 1 heterocycles. The third-order valence-corrected chi connectivity index (χ3v) is 3.94. The van der Waals surface area contributed by atoms with Gasteiger partial charge in [-0.2, -0.15) is 0 Å². The Morgan fingerprint density at radius 3 is 2.76 bits per heavy atom. The summed E-state index contributed by atoms with van der Waals surface area (Å²) >= 11 is 0. The molecule has 0 saturated heterocycles. The molecular weight excluding hydrogens is 212 g/mol. The van der Waals surface area contributed by atoms with E-state index in [1.807, 2.05) is 14.0 Å². The lowest BCUT2D eigenvalue weighted by molar-refractivity contribution is 0.197. The van der Waals surface area contributed by atoms with Crippen molar-refractivity contribution in [2.75, 3.05) is 0 Å². The van der Waals surface area contributed by atoms with Crippen molar-refractivity contribution in [2.24, 2.45) is 12.5 Å². The van der Waals surface area contributed by atoms with Gasteiger partial charge in [0, 0.05) is 13.1 Å². The van der Waals surface area contributed by atoms with Gasteiger partial charge in [0.05, 0.1) is 6.54 Å². The maximum Gasteiger partial charge on any atom is 0.146 e. The summed E-state index contributed by atoms with van der Waals surface area (Å²) in [5.41, 5.74) is 0.492. The molecule has 1 aliphatic rings. The summed E-state index contributed by atoms with van der Waals surface area (Å²) in [4.78, 5) is 0. The second kappa shape index (κ2) is 4.77. The van der Waals surface area contributed by atoms with Gasteiger partial charge in [0.1, 0.15) is 11.6 Å². The van der Waals surface area contributed by atoms with Crippen LogP contribution >= 0.6 is 0 Å². The minimum atomic E-state index is 0.492. The van der Waals surface area contributed by atoms with E-state index in [1.54, 1.807) is 0 Å². The van der Waals surface area contributed by atoms with E-state index in [0.29, 0.717) is 11.5 Å². The van der Waals surface area contributed by atoms with Gasteiger partial charge in [-0.05, 0) is 31.6 Å². The number of aryl methyl sites for hydroxylation is 1. The molecular formula is C13H24N4. The first-order valence-corrected chi connectivity index (χ1v) is 6.56. The summed E-state index contributed by atoms with van der Waals surface area (Å²) in [6, 6.07) is 0.635. The summed E-state index contributed by atoms with van der Waals surface area (Å²) in [6.45, 7) is 7.55. The van der Waals surface area contributed by atoms with Gasteiger partial charge >= 0.3 is 0 Å². The first kappa shape index (κ1) is 12.6. The van der Waals surface area contributed by atoms with E-state index in [0.717, 1.165) is 18.2 Å². The highest BCUT2D eigenvalue weighted by molar-refractivity contribution is 4.93. The van der Waals surface area contributed by atoms with Crippen LogP contribution in [-0.2, 0) is 13.6 Å². The number of hydrogen-bond donors (Lipinski definition) is 1. The fourth-order valence-electron chi connectivity index (χ4n) is 2.71. The number of rotatable bonds is 3. The van der Waals surface area contributed by atoms with Crippen LogP contribution in [0.2, 0.25) is 0 Å². The molecule has 0 spiro atoms. The van der Waals surface area contributed by atoms with Gasteiger partial charge in [-0.25, -0.2) is 0 Å². The van der Waals surface area contributed by atoms with E-state index in [9.17, 15) is 0 Å². The molecule has 1 aromatic rings. The van der Waals surface area contributed by atoms with Gasteiger partial charge in [-0.1, -0.05) is 20.3 Å². The lowest BCUT2D eigenvalue weighted by atomic mass is 9.75.